The highest BCUT2D eigenvalue weighted by molar-refractivity contribution is 6.34. The standard InChI is InChI=1S/C15H8F2N2O4/c1-7-12(16)10(6-11(13(7)17)19(22)23)18-14(20)8-4-2-3-5-9(8)15(18)21/h2-6H,1H3. The molecule has 0 N–H and O–H groups in total. The van der Waals surface area contributed by atoms with Gasteiger partial charge in [-0.2, -0.15) is 4.39 Å². The normalized spacial score (nSPS) is 13.4. The van der Waals surface area contributed by atoms with E-state index in [2.05, 4.69) is 0 Å². The molecule has 2 aromatic carbocycles. The highest BCUT2D eigenvalue weighted by Crippen LogP contribution is 2.35. The summed E-state index contributed by atoms with van der Waals surface area (Å²) < 4.78 is 28.1. The van der Waals surface area contributed by atoms with Crippen molar-refractivity contribution in [3.8, 4) is 0 Å². The Kier molecular flexibility index (Phi) is 3.17. The Hall–Kier alpha value is -3.16. The molecule has 0 bridgehead atoms. The zero-order chi connectivity index (χ0) is 16.9. The summed E-state index contributed by atoms with van der Waals surface area (Å²) in [5, 5.41) is 10.9. The summed E-state index contributed by atoms with van der Waals surface area (Å²) in [7, 11) is 0. The molecule has 0 spiro atoms. The Bertz CT molecular complexity index is 860. The fourth-order valence-corrected chi connectivity index (χ4v) is 2.44. The Morgan fingerprint density at radius 1 is 1.04 bits per heavy atom. The molecule has 1 heterocycles. The van der Waals surface area contributed by atoms with E-state index < -0.39 is 45.3 Å². The van der Waals surface area contributed by atoms with E-state index in [1.165, 1.54) is 24.3 Å². The number of nitro benzene ring substituents is 1. The van der Waals surface area contributed by atoms with Gasteiger partial charge in [-0.25, -0.2) is 9.29 Å². The van der Waals surface area contributed by atoms with Crippen molar-refractivity contribution in [2.75, 3.05) is 4.90 Å². The van der Waals surface area contributed by atoms with Crippen molar-refractivity contribution in [2.45, 2.75) is 6.92 Å². The van der Waals surface area contributed by atoms with Gasteiger partial charge in [-0.1, -0.05) is 12.1 Å². The highest BCUT2D eigenvalue weighted by Gasteiger charge is 2.39. The lowest BCUT2D eigenvalue weighted by Gasteiger charge is -2.16. The molecule has 8 heteroatoms. The van der Waals surface area contributed by atoms with E-state index in [1.54, 1.807) is 0 Å². The second kappa shape index (κ2) is 4.94. The number of fused-ring (bicyclic) bond motifs is 1. The van der Waals surface area contributed by atoms with Gasteiger partial charge >= 0.3 is 5.69 Å². The third-order valence-corrected chi connectivity index (χ3v) is 3.61. The van der Waals surface area contributed by atoms with Gasteiger partial charge < -0.3 is 0 Å². The van der Waals surface area contributed by atoms with Crippen LogP contribution in [0, 0.1) is 28.7 Å². The first-order chi connectivity index (χ1) is 10.8. The number of nitro groups is 1. The predicted molar refractivity (Wildman–Crippen MR) is 75.3 cm³/mol. The van der Waals surface area contributed by atoms with Crippen LogP contribution in [0.15, 0.2) is 30.3 Å². The smallest absolute Gasteiger partial charge is 0.268 e. The van der Waals surface area contributed by atoms with Gasteiger partial charge in [0, 0.05) is 11.6 Å². The molecule has 6 nitrogen and oxygen atoms in total. The number of hydrogen-bond acceptors (Lipinski definition) is 4. The Labute approximate surface area is 128 Å². The van der Waals surface area contributed by atoms with E-state index in [0.29, 0.717) is 11.0 Å². The predicted octanol–water partition coefficient (Wildman–Crippen LogP) is 2.98. The summed E-state index contributed by atoms with van der Waals surface area (Å²) in [6, 6.07) is 6.39. The van der Waals surface area contributed by atoms with Crippen LogP contribution in [0.3, 0.4) is 0 Å². The van der Waals surface area contributed by atoms with E-state index >= 15 is 0 Å². The Balaban J connectivity index is 2.23. The number of anilines is 1. The van der Waals surface area contributed by atoms with Crippen molar-refractivity contribution in [2.24, 2.45) is 0 Å². The molecule has 0 atom stereocenters. The van der Waals surface area contributed by atoms with E-state index in [0.717, 1.165) is 6.92 Å². The van der Waals surface area contributed by atoms with Crippen molar-refractivity contribution in [1.82, 2.24) is 0 Å². The molecule has 0 saturated carbocycles. The quantitative estimate of drug-likeness (QED) is 0.484. The van der Waals surface area contributed by atoms with Crippen LogP contribution in [-0.2, 0) is 0 Å². The minimum atomic E-state index is -1.34. The number of amides is 2. The molecule has 0 radical (unpaired) electrons. The highest BCUT2D eigenvalue weighted by atomic mass is 19.1. The molecule has 2 amide bonds. The Morgan fingerprint density at radius 3 is 2.04 bits per heavy atom. The molecule has 0 aliphatic carbocycles. The van der Waals surface area contributed by atoms with Crippen molar-refractivity contribution >= 4 is 23.2 Å². The number of hydrogen-bond donors (Lipinski definition) is 0. The van der Waals surface area contributed by atoms with Gasteiger partial charge in [-0.3, -0.25) is 19.7 Å². The molecule has 116 valence electrons. The minimum Gasteiger partial charge on any atom is -0.268 e. The first-order valence-electron chi connectivity index (χ1n) is 6.45. The minimum absolute atomic E-state index is 0.0570. The van der Waals surface area contributed by atoms with Gasteiger partial charge in [0.15, 0.2) is 5.82 Å². The Morgan fingerprint density at radius 2 is 1.57 bits per heavy atom. The maximum absolute atomic E-state index is 14.3. The third kappa shape index (κ3) is 1.99. The van der Waals surface area contributed by atoms with Gasteiger partial charge in [0.1, 0.15) is 0 Å². The number of nitrogens with zero attached hydrogens (tertiary/aromatic N) is 2. The van der Waals surface area contributed by atoms with Gasteiger partial charge in [0.05, 0.1) is 21.7 Å². The van der Waals surface area contributed by atoms with Crippen molar-refractivity contribution in [1.29, 1.82) is 0 Å². The van der Waals surface area contributed by atoms with Crippen molar-refractivity contribution < 1.29 is 23.3 Å². The van der Waals surface area contributed by atoms with E-state index in [9.17, 15) is 28.5 Å². The summed E-state index contributed by atoms with van der Waals surface area (Å²) >= 11 is 0. The van der Waals surface area contributed by atoms with E-state index in [4.69, 9.17) is 0 Å². The van der Waals surface area contributed by atoms with Crippen LogP contribution in [0.5, 0.6) is 0 Å². The van der Waals surface area contributed by atoms with Gasteiger partial charge in [0.25, 0.3) is 11.8 Å². The van der Waals surface area contributed by atoms with Crippen molar-refractivity contribution in [3.05, 3.63) is 68.8 Å². The molecule has 3 rings (SSSR count). The largest absolute Gasteiger partial charge is 0.307 e. The first kappa shape index (κ1) is 14.8. The molecule has 0 saturated heterocycles. The molecular weight excluding hydrogens is 310 g/mol. The molecule has 0 unspecified atom stereocenters. The molecule has 1 aliphatic heterocycles. The van der Waals surface area contributed by atoms with Crippen LogP contribution in [0.25, 0.3) is 0 Å². The number of rotatable bonds is 2. The SMILES string of the molecule is Cc1c(F)c(N2C(=O)c3ccccc3C2=O)cc([N+](=O)[O-])c1F. The summed E-state index contributed by atoms with van der Waals surface area (Å²) in [5.74, 6) is -4.16. The number of halogens is 2. The number of carbonyl (C=O) groups excluding carboxylic acids is 2. The molecule has 0 aromatic heterocycles. The average Bonchev–Trinajstić information content (AvgIpc) is 2.78. The number of imide groups is 1. The van der Waals surface area contributed by atoms with Gasteiger partial charge in [-0.05, 0) is 19.1 Å². The zero-order valence-corrected chi connectivity index (χ0v) is 11.7. The summed E-state index contributed by atoms with van der Waals surface area (Å²) in [6.45, 7) is 0.999. The van der Waals surface area contributed by atoms with Crippen molar-refractivity contribution in [3.63, 3.8) is 0 Å². The lowest BCUT2D eigenvalue weighted by atomic mass is 10.1. The van der Waals surface area contributed by atoms with Crippen LogP contribution < -0.4 is 4.90 Å². The molecule has 0 fully saturated rings. The van der Waals surface area contributed by atoms with Crippen LogP contribution in [-0.4, -0.2) is 16.7 Å². The van der Waals surface area contributed by atoms with Crippen LogP contribution in [0.2, 0.25) is 0 Å². The topological polar surface area (TPSA) is 80.5 Å². The van der Waals surface area contributed by atoms with Crippen LogP contribution in [0.1, 0.15) is 26.3 Å². The monoisotopic (exact) mass is 318 g/mol. The maximum Gasteiger partial charge on any atom is 0.307 e. The molecular formula is C15H8F2N2O4. The number of carbonyl (C=O) groups is 2. The lowest BCUT2D eigenvalue weighted by Crippen LogP contribution is -2.30. The summed E-state index contributed by atoms with van der Waals surface area (Å²) in [5.41, 5.74) is -2.16. The lowest BCUT2D eigenvalue weighted by molar-refractivity contribution is -0.387. The van der Waals surface area contributed by atoms with Crippen LogP contribution in [0.4, 0.5) is 20.2 Å². The average molecular weight is 318 g/mol. The van der Waals surface area contributed by atoms with Crippen LogP contribution >= 0.6 is 0 Å². The molecule has 2 aromatic rings. The fraction of sp³-hybridized carbons (Fsp3) is 0.0667. The third-order valence-electron chi connectivity index (χ3n) is 3.61. The van der Waals surface area contributed by atoms with E-state index in [-0.39, 0.29) is 11.1 Å². The molecule has 23 heavy (non-hydrogen) atoms. The maximum atomic E-state index is 14.3. The first-order valence-corrected chi connectivity index (χ1v) is 6.45. The number of benzene rings is 2. The summed E-state index contributed by atoms with van der Waals surface area (Å²) in [6.07, 6.45) is 0. The second-order valence-corrected chi connectivity index (χ2v) is 4.92. The van der Waals surface area contributed by atoms with Gasteiger partial charge in [0.2, 0.25) is 5.82 Å². The van der Waals surface area contributed by atoms with Gasteiger partial charge in [-0.15, -0.1) is 0 Å². The molecule has 1 aliphatic rings. The zero-order valence-electron chi connectivity index (χ0n) is 11.7. The fourth-order valence-electron chi connectivity index (χ4n) is 2.44. The van der Waals surface area contributed by atoms with E-state index in [1.807, 2.05) is 0 Å². The second-order valence-electron chi connectivity index (χ2n) is 4.92. The summed E-state index contributed by atoms with van der Waals surface area (Å²) in [4.78, 5) is 35.0.